The first kappa shape index (κ1) is 17.0. The number of aliphatic hydroxyl groups is 1. The summed E-state index contributed by atoms with van der Waals surface area (Å²) in [6, 6.07) is 22.1. The van der Waals surface area contributed by atoms with Crippen LogP contribution in [0.2, 0.25) is 0 Å². The molecular formula is C22H18N2O3. The van der Waals surface area contributed by atoms with Crippen molar-refractivity contribution >= 4 is 23.5 Å². The van der Waals surface area contributed by atoms with Gasteiger partial charge in [-0.15, -0.1) is 0 Å². The summed E-state index contributed by atoms with van der Waals surface area (Å²) in [6.07, 6.45) is 2.78. The van der Waals surface area contributed by atoms with Crippen molar-refractivity contribution in [2.75, 3.05) is 5.32 Å². The molecule has 1 aliphatic heterocycles. The van der Waals surface area contributed by atoms with Crippen molar-refractivity contribution < 1.29 is 10.0 Å². The van der Waals surface area contributed by atoms with Gasteiger partial charge in [0.15, 0.2) is 0 Å². The Kier molecular flexibility index (Phi) is 4.44. The molecule has 5 heteroatoms. The summed E-state index contributed by atoms with van der Waals surface area (Å²) in [5, 5.41) is 25.5. The molecule has 1 aliphatic rings. The van der Waals surface area contributed by atoms with Gasteiger partial charge in [-0.2, -0.15) is 0 Å². The van der Waals surface area contributed by atoms with Gasteiger partial charge >= 0.3 is 0 Å². The van der Waals surface area contributed by atoms with Gasteiger partial charge in [-0.05, 0) is 23.3 Å². The standard InChI is InChI=1S/C22H18N2O3/c25-22-18-13-17(12-11-15-7-3-1-4-8-15)20(24(26)27)14-19(18)23-21(22)16-9-5-2-6-10-16/h1-14,21-23,25H/b12-11-/t21-,22-/m0/s1. The fourth-order valence-electron chi connectivity index (χ4n) is 3.39. The number of aliphatic hydroxyl groups excluding tert-OH is 1. The average molecular weight is 358 g/mol. The van der Waals surface area contributed by atoms with Crippen molar-refractivity contribution in [3.05, 3.63) is 105 Å². The average Bonchev–Trinajstić information content (AvgIpc) is 3.03. The topological polar surface area (TPSA) is 75.4 Å². The van der Waals surface area contributed by atoms with Gasteiger partial charge in [0.2, 0.25) is 0 Å². The summed E-state index contributed by atoms with van der Waals surface area (Å²) in [5.74, 6) is 0. The molecule has 0 radical (unpaired) electrons. The summed E-state index contributed by atoms with van der Waals surface area (Å²) in [4.78, 5) is 11.2. The Morgan fingerprint density at radius 1 is 0.963 bits per heavy atom. The van der Waals surface area contributed by atoms with E-state index in [4.69, 9.17) is 0 Å². The summed E-state index contributed by atoms with van der Waals surface area (Å²) in [6.45, 7) is 0. The second-order valence-corrected chi connectivity index (χ2v) is 6.48. The van der Waals surface area contributed by atoms with E-state index in [0.29, 0.717) is 16.8 Å². The number of hydrogen-bond acceptors (Lipinski definition) is 4. The molecule has 0 aliphatic carbocycles. The minimum Gasteiger partial charge on any atom is -0.386 e. The van der Waals surface area contributed by atoms with Crippen LogP contribution in [0.4, 0.5) is 11.4 Å². The molecule has 0 aromatic heterocycles. The molecule has 0 unspecified atom stereocenters. The molecule has 4 rings (SSSR count). The molecule has 0 amide bonds. The molecule has 0 saturated heterocycles. The van der Waals surface area contributed by atoms with Gasteiger partial charge in [0, 0.05) is 17.3 Å². The highest BCUT2D eigenvalue weighted by Crippen LogP contribution is 2.45. The molecule has 2 atom stereocenters. The fraction of sp³-hybridized carbons (Fsp3) is 0.0909. The number of anilines is 1. The van der Waals surface area contributed by atoms with Gasteiger partial charge in [-0.1, -0.05) is 66.7 Å². The Hall–Kier alpha value is -3.44. The van der Waals surface area contributed by atoms with E-state index in [0.717, 1.165) is 11.1 Å². The first-order valence-corrected chi connectivity index (χ1v) is 8.68. The predicted molar refractivity (Wildman–Crippen MR) is 106 cm³/mol. The number of nitrogens with zero attached hydrogens (tertiary/aromatic N) is 1. The minimum absolute atomic E-state index is 0.00865. The quantitative estimate of drug-likeness (QED) is 0.392. The smallest absolute Gasteiger partial charge is 0.278 e. The van der Waals surface area contributed by atoms with Crippen LogP contribution in [-0.4, -0.2) is 10.0 Å². The van der Waals surface area contributed by atoms with Gasteiger partial charge in [0.1, 0.15) is 6.10 Å². The van der Waals surface area contributed by atoms with Crippen LogP contribution < -0.4 is 5.32 Å². The van der Waals surface area contributed by atoms with Crippen molar-refractivity contribution in [1.82, 2.24) is 0 Å². The predicted octanol–water partition coefficient (Wildman–Crippen LogP) is 4.97. The minimum atomic E-state index is -0.771. The zero-order chi connectivity index (χ0) is 18.8. The lowest BCUT2D eigenvalue weighted by molar-refractivity contribution is -0.385. The third-order valence-corrected chi connectivity index (χ3v) is 4.75. The number of benzene rings is 3. The van der Waals surface area contributed by atoms with Crippen LogP contribution in [0.25, 0.3) is 12.2 Å². The van der Waals surface area contributed by atoms with Gasteiger partial charge in [0.05, 0.1) is 16.5 Å². The molecule has 134 valence electrons. The van der Waals surface area contributed by atoms with Gasteiger partial charge in [-0.25, -0.2) is 0 Å². The molecular weight excluding hydrogens is 340 g/mol. The van der Waals surface area contributed by atoms with Crippen LogP contribution >= 0.6 is 0 Å². The Bertz CT molecular complexity index is 1000. The molecule has 0 fully saturated rings. The normalized spacial score (nSPS) is 18.3. The van der Waals surface area contributed by atoms with Crippen LogP contribution in [0, 0.1) is 10.1 Å². The first-order valence-electron chi connectivity index (χ1n) is 8.68. The Morgan fingerprint density at radius 2 is 1.63 bits per heavy atom. The summed E-state index contributed by atoms with van der Waals surface area (Å²) in [7, 11) is 0. The number of nitro groups is 1. The van der Waals surface area contributed by atoms with E-state index in [-0.39, 0.29) is 11.7 Å². The molecule has 0 bridgehead atoms. The van der Waals surface area contributed by atoms with E-state index in [1.165, 1.54) is 6.07 Å². The lowest BCUT2D eigenvalue weighted by Gasteiger charge is -2.15. The number of rotatable bonds is 4. The highest BCUT2D eigenvalue weighted by Gasteiger charge is 2.33. The maximum absolute atomic E-state index is 11.5. The second kappa shape index (κ2) is 7.05. The largest absolute Gasteiger partial charge is 0.386 e. The van der Waals surface area contributed by atoms with E-state index in [1.807, 2.05) is 66.7 Å². The maximum Gasteiger partial charge on any atom is 0.278 e. The summed E-state index contributed by atoms with van der Waals surface area (Å²) >= 11 is 0. The zero-order valence-corrected chi connectivity index (χ0v) is 14.4. The van der Waals surface area contributed by atoms with E-state index in [2.05, 4.69) is 5.32 Å². The Labute approximate surface area is 156 Å². The molecule has 1 heterocycles. The molecule has 3 aromatic carbocycles. The van der Waals surface area contributed by atoms with Gasteiger partial charge in [0.25, 0.3) is 5.69 Å². The summed E-state index contributed by atoms with van der Waals surface area (Å²) in [5.41, 5.74) is 3.63. The van der Waals surface area contributed by atoms with E-state index >= 15 is 0 Å². The van der Waals surface area contributed by atoms with E-state index < -0.39 is 11.0 Å². The van der Waals surface area contributed by atoms with Gasteiger partial charge < -0.3 is 10.4 Å². The lowest BCUT2D eigenvalue weighted by atomic mass is 9.98. The molecule has 3 aromatic rings. The van der Waals surface area contributed by atoms with E-state index in [1.54, 1.807) is 12.1 Å². The molecule has 2 N–H and O–H groups in total. The highest BCUT2D eigenvalue weighted by molar-refractivity contribution is 5.78. The molecule has 0 saturated carbocycles. The van der Waals surface area contributed by atoms with Gasteiger partial charge in [-0.3, -0.25) is 10.1 Å². The van der Waals surface area contributed by atoms with Crippen molar-refractivity contribution in [2.24, 2.45) is 0 Å². The van der Waals surface area contributed by atoms with Crippen molar-refractivity contribution in [2.45, 2.75) is 12.1 Å². The number of nitrogens with one attached hydrogen (secondary N) is 1. The Balaban J connectivity index is 1.72. The second-order valence-electron chi connectivity index (χ2n) is 6.48. The molecule has 0 spiro atoms. The van der Waals surface area contributed by atoms with Crippen LogP contribution in [0.1, 0.15) is 34.4 Å². The zero-order valence-electron chi connectivity index (χ0n) is 14.4. The molecule has 27 heavy (non-hydrogen) atoms. The van der Waals surface area contributed by atoms with Crippen molar-refractivity contribution in [1.29, 1.82) is 0 Å². The number of hydrogen-bond donors (Lipinski definition) is 2. The molecule has 5 nitrogen and oxygen atoms in total. The van der Waals surface area contributed by atoms with E-state index in [9.17, 15) is 15.2 Å². The maximum atomic E-state index is 11.5. The Morgan fingerprint density at radius 3 is 2.30 bits per heavy atom. The third kappa shape index (κ3) is 3.32. The van der Waals surface area contributed by atoms with Crippen LogP contribution in [-0.2, 0) is 0 Å². The van der Waals surface area contributed by atoms with Crippen molar-refractivity contribution in [3.8, 4) is 0 Å². The first-order chi connectivity index (χ1) is 13.1. The number of fused-ring (bicyclic) bond motifs is 1. The summed E-state index contributed by atoms with van der Waals surface area (Å²) < 4.78 is 0. The fourth-order valence-corrected chi connectivity index (χ4v) is 3.39. The lowest BCUT2D eigenvalue weighted by Crippen LogP contribution is -2.10. The van der Waals surface area contributed by atoms with Crippen LogP contribution in [0.3, 0.4) is 0 Å². The monoisotopic (exact) mass is 358 g/mol. The number of nitro benzene ring substituents is 1. The van der Waals surface area contributed by atoms with Crippen LogP contribution in [0.15, 0.2) is 72.8 Å². The third-order valence-electron chi connectivity index (χ3n) is 4.75. The highest BCUT2D eigenvalue weighted by atomic mass is 16.6. The SMILES string of the molecule is O=[N+]([O-])c1cc2c(cc1/C=C\c1ccccc1)[C@H](O)[C@H](c1ccccc1)N2. The van der Waals surface area contributed by atoms with Crippen LogP contribution in [0.5, 0.6) is 0 Å². The van der Waals surface area contributed by atoms with Crippen molar-refractivity contribution in [3.63, 3.8) is 0 Å².